The molecule has 0 unspecified atom stereocenters. The van der Waals surface area contributed by atoms with E-state index in [9.17, 15) is 4.79 Å². The molecular formula is C22H20N2O2S. The lowest BCUT2D eigenvalue weighted by atomic mass is 9.88. The molecule has 5 heteroatoms. The van der Waals surface area contributed by atoms with Gasteiger partial charge in [0.05, 0.1) is 11.3 Å². The van der Waals surface area contributed by atoms with E-state index in [-0.39, 0.29) is 5.91 Å². The van der Waals surface area contributed by atoms with Crippen LogP contribution in [0.5, 0.6) is 0 Å². The number of hydrogen-bond acceptors (Lipinski definition) is 4. The fraction of sp³-hybridized carbons (Fsp3) is 0.273. The van der Waals surface area contributed by atoms with Gasteiger partial charge in [-0.05, 0) is 48.9 Å². The highest BCUT2D eigenvalue weighted by Gasteiger charge is 2.26. The molecule has 0 amide bonds. The van der Waals surface area contributed by atoms with E-state index in [1.165, 1.54) is 28.4 Å². The summed E-state index contributed by atoms with van der Waals surface area (Å²) in [5.41, 5.74) is 5.15. The Balaban J connectivity index is 1.47. The minimum absolute atomic E-state index is 0.0919. The summed E-state index contributed by atoms with van der Waals surface area (Å²) in [6, 6.07) is 15.9. The third kappa shape index (κ3) is 2.86. The lowest BCUT2D eigenvalue weighted by Gasteiger charge is -2.20. The number of benzene rings is 2. The first-order valence-electron chi connectivity index (χ1n) is 9.33. The Morgan fingerprint density at radius 3 is 2.93 bits per heavy atom. The van der Waals surface area contributed by atoms with Crippen LogP contribution in [0.4, 0.5) is 0 Å². The molecule has 0 radical (unpaired) electrons. The van der Waals surface area contributed by atoms with Crippen LogP contribution in [-0.4, -0.2) is 21.2 Å². The molecule has 2 aromatic carbocycles. The number of fused-ring (bicyclic) bond motifs is 4. The summed E-state index contributed by atoms with van der Waals surface area (Å²) in [4.78, 5) is 17.6. The number of thioether (sulfide) groups is 1. The molecule has 0 aliphatic heterocycles. The highest BCUT2D eigenvalue weighted by atomic mass is 32.2. The van der Waals surface area contributed by atoms with E-state index in [2.05, 4.69) is 30.1 Å². The minimum Gasteiger partial charge on any atom is -0.431 e. The largest absolute Gasteiger partial charge is 0.431 e. The van der Waals surface area contributed by atoms with E-state index in [1.807, 2.05) is 34.9 Å². The van der Waals surface area contributed by atoms with E-state index < -0.39 is 0 Å². The van der Waals surface area contributed by atoms with Crippen LogP contribution in [0.2, 0.25) is 0 Å². The van der Waals surface area contributed by atoms with Crippen molar-refractivity contribution in [2.75, 3.05) is 5.75 Å². The van der Waals surface area contributed by atoms with Crippen molar-refractivity contribution in [2.45, 2.75) is 31.4 Å². The van der Waals surface area contributed by atoms with Gasteiger partial charge in [0.2, 0.25) is 5.91 Å². The highest BCUT2D eigenvalue weighted by molar-refractivity contribution is 7.99. The summed E-state index contributed by atoms with van der Waals surface area (Å²) < 4.78 is 7.68. The van der Waals surface area contributed by atoms with Gasteiger partial charge < -0.3 is 4.42 Å². The molecular weight excluding hydrogens is 356 g/mol. The minimum atomic E-state index is 0.0919. The van der Waals surface area contributed by atoms with Crippen LogP contribution < -0.4 is 0 Å². The fourth-order valence-corrected chi connectivity index (χ4v) is 4.76. The molecule has 0 N–H and O–H groups in total. The van der Waals surface area contributed by atoms with Gasteiger partial charge in [-0.15, -0.1) is 0 Å². The topological polar surface area (TPSA) is 48.0 Å². The zero-order valence-corrected chi connectivity index (χ0v) is 16.0. The second kappa shape index (κ2) is 6.57. The third-order valence-corrected chi connectivity index (χ3v) is 6.17. The maximum atomic E-state index is 13.1. The molecule has 0 spiro atoms. The second-order valence-corrected chi connectivity index (χ2v) is 8.18. The predicted molar refractivity (Wildman–Crippen MR) is 108 cm³/mol. The van der Waals surface area contributed by atoms with Crippen molar-refractivity contribution in [1.29, 1.82) is 0 Å². The van der Waals surface area contributed by atoms with Crippen LogP contribution in [-0.2, 0) is 12.8 Å². The Morgan fingerprint density at radius 1 is 1.22 bits per heavy atom. The molecule has 0 saturated carbocycles. The van der Waals surface area contributed by atoms with E-state index in [1.54, 1.807) is 0 Å². The maximum Gasteiger partial charge on any atom is 0.257 e. The Labute approximate surface area is 161 Å². The normalized spacial score (nSPS) is 16.7. The molecule has 0 bridgehead atoms. The second-order valence-electron chi connectivity index (χ2n) is 7.26. The Bertz CT molecular complexity index is 1120. The quantitative estimate of drug-likeness (QED) is 0.453. The molecule has 1 atom stereocenters. The van der Waals surface area contributed by atoms with E-state index in [0.29, 0.717) is 16.9 Å². The molecule has 0 saturated heterocycles. The van der Waals surface area contributed by atoms with Gasteiger partial charge in [0, 0.05) is 11.1 Å². The van der Waals surface area contributed by atoms with Gasteiger partial charge in [0.1, 0.15) is 5.52 Å². The fourth-order valence-electron chi connectivity index (χ4n) is 4.07. The Morgan fingerprint density at radius 2 is 2.04 bits per heavy atom. The molecule has 4 aromatic rings. The summed E-state index contributed by atoms with van der Waals surface area (Å²) in [7, 11) is 0. The van der Waals surface area contributed by atoms with Gasteiger partial charge in [0.25, 0.3) is 5.22 Å². The molecule has 5 rings (SSSR count). The van der Waals surface area contributed by atoms with E-state index in [0.717, 1.165) is 35.9 Å². The van der Waals surface area contributed by atoms with Crippen LogP contribution in [0.25, 0.3) is 22.0 Å². The summed E-state index contributed by atoms with van der Waals surface area (Å²) in [5, 5.41) is 1.77. The van der Waals surface area contributed by atoms with E-state index >= 15 is 0 Å². The molecule has 4 nitrogen and oxygen atoms in total. The summed E-state index contributed by atoms with van der Waals surface area (Å²) >= 11 is 1.36. The number of oxazole rings is 1. The predicted octanol–water partition coefficient (Wildman–Crippen LogP) is 5.34. The van der Waals surface area contributed by atoms with Crippen molar-refractivity contribution in [3.05, 3.63) is 59.8 Å². The van der Waals surface area contributed by atoms with Crippen LogP contribution in [0.3, 0.4) is 0 Å². The average Bonchev–Trinajstić information content (AvgIpc) is 3.24. The zero-order valence-electron chi connectivity index (χ0n) is 15.1. The van der Waals surface area contributed by atoms with Crippen LogP contribution in [0.15, 0.2) is 58.2 Å². The number of aromatic nitrogens is 2. The first-order chi connectivity index (χ1) is 13.2. The summed E-state index contributed by atoms with van der Waals surface area (Å²) in [6.07, 6.45) is 3.15. The molecule has 136 valence electrons. The Kier molecular flexibility index (Phi) is 4.05. The standard InChI is InChI=1S/C22H20N2O2S/c1-14-10-11-19-16(12-14)15-6-2-4-8-18(15)24(19)21(25)13-27-22-23-17-7-3-5-9-20(17)26-22/h2-9,14H,10-13H2,1H3/t14-/m0/s1. The lowest BCUT2D eigenvalue weighted by molar-refractivity contribution is 0.0942. The van der Waals surface area contributed by atoms with Crippen molar-refractivity contribution < 1.29 is 9.21 Å². The Hall–Kier alpha value is -2.53. The molecule has 0 fully saturated rings. The van der Waals surface area contributed by atoms with Crippen molar-refractivity contribution in [3.8, 4) is 0 Å². The number of para-hydroxylation sites is 3. The number of rotatable bonds is 3. The summed E-state index contributed by atoms with van der Waals surface area (Å²) in [5.74, 6) is 1.07. The lowest BCUT2D eigenvalue weighted by Crippen LogP contribution is -2.20. The van der Waals surface area contributed by atoms with Crippen LogP contribution >= 0.6 is 11.8 Å². The van der Waals surface area contributed by atoms with Gasteiger partial charge >= 0.3 is 0 Å². The monoisotopic (exact) mass is 376 g/mol. The van der Waals surface area contributed by atoms with Crippen LogP contribution in [0, 0.1) is 5.92 Å². The molecule has 1 aliphatic carbocycles. The SMILES string of the molecule is C[C@H]1CCc2c(c3ccccc3n2C(=O)CSc2nc3ccccc3o2)C1. The van der Waals surface area contributed by atoms with Gasteiger partial charge in [-0.3, -0.25) is 9.36 Å². The number of carbonyl (C=O) groups is 1. The molecule has 2 heterocycles. The molecule has 2 aromatic heterocycles. The van der Waals surface area contributed by atoms with Gasteiger partial charge in [0.15, 0.2) is 5.58 Å². The highest BCUT2D eigenvalue weighted by Crippen LogP contribution is 2.34. The maximum absolute atomic E-state index is 13.1. The van der Waals surface area contributed by atoms with Gasteiger partial charge in [-0.2, -0.15) is 0 Å². The van der Waals surface area contributed by atoms with Crippen molar-refractivity contribution >= 4 is 39.7 Å². The van der Waals surface area contributed by atoms with Crippen molar-refractivity contribution in [1.82, 2.24) is 9.55 Å². The van der Waals surface area contributed by atoms with Crippen molar-refractivity contribution in [2.24, 2.45) is 5.92 Å². The first-order valence-corrected chi connectivity index (χ1v) is 10.3. The number of hydrogen-bond donors (Lipinski definition) is 0. The average molecular weight is 376 g/mol. The number of nitrogens with zero attached hydrogens (tertiary/aromatic N) is 2. The first kappa shape index (κ1) is 16.6. The summed E-state index contributed by atoms with van der Waals surface area (Å²) in [6.45, 7) is 2.29. The molecule has 27 heavy (non-hydrogen) atoms. The number of carbonyl (C=O) groups excluding carboxylic acids is 1. The van der Waals surface area contributed by atoms with Gasteiger partial charge in [-0.1, -0.05) is 49.0 Å². The van der Waals surface area contributed by atoms with Crippen molar-refractivity contribution in [3.63, 3.8) is 0 Å². The van der Waals surface area contributed by atoms with Gasteiger partial charge in [-0.25, -0.2) is 4.98 Å². The molecule has 1 aliphatic rings. The third-order valence-electron chi connectivity index (χ3n) is 5.36. The van der Waals surface area contributed by atoms with Crippen LogP contribution in [0.1, 0.15) is 29.4 Å². The smallest absolute Gasteiger partial charge is 0.257 e. The van der Waals surface area contributed by atoms with E-state index in [4.69, 9.17) is 4.42 Å². The zero-order chi connectivity index (χ0) is 18.4.